The zero-order valence-electron chi connectivity index (χ0n) is 9.89. The number of nitrogens with zero attached hydrogens (tertiary/aromatic N) is 2. The standard InChI is InChI=1S/C10H18N4O2S/c1-2-14-7-10(12-8-14)17(15,16)13-6-9-3-4-11-5-9/h7-9,11,13H,2-6H2,1H3. The van der Waals surface area contributed by atoms with E-state index in [1.807, 2.05) is 6.92 Å². The zero-order valence-corrected chi connectivity index (χ0v) is 10.7. The number of hydrogen-bond acceptors (Lipinski definition) is 4. The van der Waals surface area contributed by atoms with Crippen LogP contribution < -0.4 is 10.0 Å². The van der Waals surface area contributed by atoms with Gasteiger partial charge >= 0.3 is 0 Å². The maximum atomic E-state index is 11.9. The molecular weight excluding hydrogens is 240 g/mol. The fraction of sp³-hybridized carbons (Fsp3) is 0.700. The van der Waals surface area contributed by atoms with E-state index in [2.05, 4.69) is 15.0 Å². The molecule has 1 aromatic rings. The molecule has 1 fully saturated rings. The molecule has 1 aliphatic heterocycles. The summed E-state index contributed by atoms with van der Waals surface area (Å²) in [6, 6.07) is 0. The Morgan fingerprint density at radius 2 is 2.47 bits per heavy atom. The van der Waals surface area contributed by atoms with Crippen LogP contribution in [0.15, 0.2) is 17.6 Å². The lowest BCUT2D eigenvalue weighted by Crippen LogP contribution is -2.30. The van der Waals surface area contributed by atoms with Crippen LogP contribution in [0.2, 0.25) is 0 Å². The number of aromatic nitrogens is 2. The maximum Gasteiger partial charge on any atom is 0.259 e. The van der Waals surface area contributed by atoms with Gasteiger partial charge in [-0.2, -0.15) is 0 Å². The largest absolute Gasteiger partial charge is 0.336 e. The van der Waals surface area contributed by atoms with Crippen molar-refractivity contribution in [1.82, 2.24) is 19.6 Å². The van der Waals surface area contributed by atoms with Crippen LogP contribution in [0.3, 0.4) is 0 Å². The molecule has 0 saturated carbocycles. The number of rotatable bonds is 5. The quantitative estimate of drug-likeness (QED) is 0.766. The Labute approximate surface area is 101 Å². The van der Waals surface area contributed by atoms with Crippen molar-refractivity contribution in [2.24, 2.45) is 5.92 Å². The first-order valence-electron chi connectivity index (χ1n) is 5.84. The second kappa shape index (κ2) is 5.16. The molecule has 0 amide bonds. The van der Waals surface area contributed by atoms with Gasteiger partial charge in [0.05, 0.1) is 6.33 Å². The highest BCUT2D eigenvalue weighted by Crippen LogP contribution is 2.09. The second-order valence-electron chi connectivity index (χ2n) is 4.25. The van der Waals surface area contributed by atoms with Crippen LogP contribution in [-0.4, -0.2) is 37.6 Å². The number of aryl methyl sites for hydroxylation is 1. The van der Waals surface area contributed by atoms with E-state index in [0.717, 1.165) is 26.1 Å². The van der Waals surface area contributed by atoms with Gasteiger partial charge in [-0.15, -0.1) is 0 Å². The molecular formula is C10H18N4O2S. The van der Waals surface area contributed by atoms with E-state index in [1.54, 1.807) is 10.8 Å². The van der Waals surface area contributed by atoms with E-state index < -0.39 is 10.0 Å². The summed E-state index contributed by atoms with van der Waals surface area (Å²) in [5, 5.41) is 3.31. The summed E-state index contributed by atoms with van der Waals surface area (Å²) in [4.78, 5) is 3.90. The average Bonchev–Trinajstić information content (AvgIpc) is 2.98. The van der Waals surface area contributed by atoms with Gasteiger partial charge in [-0.3, -0.25) is 0 Å². The van der Waals surface area contributed by atoms with Gasteiger partial charge in [0.1, 0.15) is 0 Å². The Morgan fingerprint density at radius 1 is 1.65 bits per heavy atom. The lowest BCUT2D eigenvalue weighted by atomic mass is 10.1. The lowest BCUT2D eigenvalue weighted by Gasteiger charge is -2.08. The fourth-order valence-corrected chi connectivity index (χ4v) is 2.90. The first-order valence-corrected chi connectivity index (χ1v) is 7.32. The summed E-state index contributed by atoms with van der Waals surface area (Å²) in [7, 11) is -3.45. The molecule has 0 bridgehead atoms. The van der Waals surface area contributed by atoms with E-state index in [-0.39, 0.29) is 5.03 Å². The van der Waals surface area contributed by atoms with E-state index in [1.165, 1.54) is 6.33 Å². The third kappa shape index (κ3) is 3.05. The van der Waals surface area contributed by atoms with E-state index in [4.69, 9.17) is 0 Å². The minimum atomic E-state index is -3.45. The molecule has 0 aliphatic carbocycles. The summed E-state index contributed by atoms with van der Waals surface area (Å²) < 4.78 is 28.2. The van der Waals surface area contributed by atoms with Crippen LogP contribution in [-0.2, 0) is 16.6 Å². The molecule has 1 unspecified atom stereocenters. The predicted molar refractivity (Wildman–Crippen MR) is 64.1 cm³/mol. The fourth-order valence-electron chi connectivity index (χ4n) is 1.84. The SMILES string of the molecule is CCn1cnc(S(=O)(=O)NCC2CCNC2)c1. The van der Waals surface area contributed by atoms with Crippen molar-refractivity contribution in [2.75, 3.05) is 19.6 Å². The molecule has 0 radical (unpaired) electrons. The molecule has 17 heavy (non-hydrogen) atoms. The summed E-state index contributed by atoms with van der Waals surface area (Å²) in [5.41, 5.74) is 0. The van der Waals surface area contributed by atoms with E-state index in [9.17, 15) is 8.42 Å². The Balaban J connectivity index is 1.97. The van der Waals surface area contributed by atoms with Crippen LogP contribution in [0.5, 0.6) is 0 Å². The zero-order chi connectivity index (χ0) is 12.3. The monoisotopic (exact) mass is 258 g/mol. The summed E-state index contributed by atoms with van der Waals surface area (Å²) in [6.07, 6.45) is 4.10. The highest BCUT2D eigenvalue weighted by molar-refractivity contribution is 7.89. The van der Waals surface area contributed by atoms with E-state index in [0.29, 0.717) is 12.5 Å². The van der Waals surface area contributed by atoms with Gasteiger partial charge < -0.3 is 9.88 Å². The first kappa shape index (κ1) is 12.5. The van der Waals surface area contributed by atoms with Gasteiger partial charge in [0.15, 0.2) is 5.03 Å². The minimum Gasteiger partial charge on any atom is -0.336 e. The van der Waals surface area contributed by atoms with Crippen molar-refractivity contribution in [3.05, 3.63) is 12.5 Å². The molecule has 1 aromatic heterocycles. The molecule has 6 nitrogen and oxygen atoms in total. The van der Waals surface area contributed by atoms with Gasteiger partial charge in [-0.05, 0) is 32.4 Å². The molecule has 0 spiro atoms. The third-order valence-electron chi connectivity index (χ3n) is 2.97. The first-order chi connectivity index (χ1) is 8.12. The second-order valence-corrected chi connectivity index (χ2v) is 5.97. The van der Waals surface area contributed by atoms with Crippen molar-refractivity contribution < 1.29 is 8.42 Å². The number of imidazole rings is 1. The topological polar surface area (TPSA) is 76.0 Å². The summed E-state index contributed by atoms with van der Waals surface area (Å²) >= 11 is 0. The summed E-state index contributed by atoms with van der Waals surface area (Å²) in [6.45, 7) is 4.99. The average molecular weight is 258 g/mol. The maximum absolute atomic E-state index is 11.9. The Bertz CT molecular complexity index is 462. The molecule has 7 heteroatoms. The van der Waals surface area contributed by atoms with Crippen LogP contribution >= 0.6 is 0 Å². The molecule has 0 aromatic carbocycles. The van der Waals surface area contributed by atoms with Crippen molar-refractivity contribution in [1.29, 1.82) is 0 Å². The number of hydrogen-bond donors (Lipinski definition) is 2. The predicted octanol–water partition coefficient (Wildman–Crippen LogP) is -0.209. The molecule has 1 atom stereocenters. The van der Waals surface area contributed by atoms with Crippen molar-refractivity contribution in [3.8, 4) is 0 Å². The minimum absolute atomic E-state index is 0.102. The van der Waals surface area contributed by atoms with Gasteiger partial charge in [0, 0.05) is 19.3 Å². The van der Waals surface area contributed by atoms with Crippen molar-refractivity contribution in [2.45, 2.75) is 24.9 Å². The lowest BCUT2D eigenvalue weighted by molar-refractivity contribution is 0.537. The van der Waals surface area contributed by atoms with Gasteiger partial charge in [0.25, 0.3) is 10.0 Å². The molecule has 1 aliphatic rings. The highest BCUT2D eigenvalue weighted by atomic mass is 32.2. The molecule has 96 valence electrons. The third-order valence-corrected chi connectivity index (χ3v) is 4.28. The Morgan fingerprint density at radius 3 is 3.06 bits per heavy atom. The number of nitrogens with one attached hydrogen (secondary N) is 2. The molecule has 2 N–H and O–H groups in total. The van der Waals surface area contributed by atoms with E-state index >= 15 is 0 Å². The molecule has 2 heterocycles. The van der Waals surface area contributed by atoms with Crippen LogP contribution in [0.4, 0.5) is 0 Å². The summed E-state index contributed by atoms with van der Waals surface area (Å²) in [5.74, 6) is 0.387. The Hall–Kier alpha value is -0.920. The van der Waals surface area contributed by atoms with Gasteiger partial charge in [-0.1, -0.05) is 0 Å². The van der Waals surface area contributed by atoms with Crippen molar-refractivity contribution in [3.63, 3.8) is 0 Å². The molecule has 2 rings (SSSR count). The van der Waals surface area contributed by atoms with Crippen LogP contribution in [0, 0.1) is 5.92 Å². The van der Waals surface area contributed by atoms with Crippen molar-refractivity contribution >= 4 is 10.0 Å². The number of sulfonamides is 1. The molecule has 1 saturated heterocycles. The normalized spacial score (nSPS) is 20.9. The van der Waals surface area contributed by atoms with Gasteiger partial charge in [-0.25, -0.2) is 18.1 Å². The highest BCUT2D eigenvalue weighted by Gasteiger charge is 2.21. The Kier molecular flexibility index (Phi) is 3.80. The van der Waals surface area contributed by atoms with Crippen LogP contribution in [0.25, 0.3) is 0 Å². The van der Waals surface area contributed by atoms with Gasteiger partial charge in [0.2, 0.25) is 0 Å². The van der Waals surface area contributed by atoms with Crippen LogP contribution in [0.1, 0.15) is 13.3 Å². The smallest absolute Gasteiger partial charge is 0.259 e.